The molecule has 1 aromatic heterocycles. The normalized spacial score (nSPS) is 22.6. The molecule has 0 saturated heterocycles. The standard InChI is InChI=1S/C17H30N4S/c1-4-14-6-8-15(9-7-14)21-17(18-5-2)19-11-10-16-20-12-13(3)22-16/h12,14-15H,4-11H2,1-3H3,(H2,18,19,21). The summed E-state index contributed by atoms with van der Waals surface area (Å²) < 4.78 is 0. The topological polar surface area (TPSA) is 49.3 Å². The molecule has 1 aliphatic rings. The van der Waals surface area contributed by atoms with Crippen LogP contribution in [0.2, 0.25) is 0 Å². The maximum atomic E-state index is 4.71. The van der Waals surface area contributed by atoms with Gasteiger partial charge < -0.3 is 10.6 Å². The van der Waals surface area contributed by atoms with Crippen molar-refractivity contribution in [3.8, 4) is 0 Å². The van der Waals surface area contributed by atoms with E-state index < -0.39 is 0 Å². The summed E-state index contributed by atoms with van der Waals surface area (Å²) in [5, 5.41) is 8.16. The summed E-state index contributed by atoms with van der Waals surface area (Å²) in [4.78, 5) is 10.4. The number of aromatic nitrogens is 1. The lowest BCUT2D eigenvalue weighted by molar-refractivity contribution is 0.304. The molecule has 0 amide bonds. The molecular weight excluding hydrogens is 292 g/mol. The molecule has 0 aromatic carbocycles. The van der Waals surface area contributed by atoms with Crippen LogP contribution in [-0.2, 0) is 6.42 Å². The highest BCUT2D eigenvalue weighted by Gasteiger charge is 2.20. The third kappa shape index (κ3) is 5.59. The third-order valence-corrected chi connectivity index (χ3v) is 5.35. The second kappa shape index (κ2) is 9.13. The number of hydrogen-bond donors (Lipinski definition) is 2. The maximum absolute atomic E-state index is 4.71. The van der Waals surface area contributed by atoms with Crippen LogP contribution in [0.5, 0.6) is 0 Å². The van der Waals surface area contributed by atoms with Gasteiger partial charge in [-0.3, -0.25) is 4.99 Å². The number of nitrogens with zero attached hydrogens (tertiary/aromatic N) is 2. The lowest BCUT2D eigenvalue weighted by Crippen LogP contribution is -2.45. The predicted molar refractivity (Wildman–Crippen MR) is 95.7 cm³/mol. The fraction of sp³-hybridized carbons (Fsp3) is 0.765. The van der Waals surface area contributed by atoms with Crippen LogP contribution < -0.4 is 10.6 Å². The first-order valence-electron chi connectivity index (χ1n) is 8.67. The second-order valence-electron chi connectivity index (χ2n) is 6.15. The number of rotatable bonds is 6. The van der Waals surface area contributed by atoms with E-state index in [9.17, 15) is 0 Å². The molecule has 1 fully saturated rings. The van der Waals surface area contributed by atoms with E-state index in [0.29, 0.717) is 6.04 Å². The molecule has 1 heterocycles. The number of guanidine groups is 1. The van der Waals surface area contributed by atoms with Crippen molar-refractivity contribution in [3.05, 3.63) is 16.1 Å². The van der Waals surface area contributed by atoms with Gasteiger partial charge in [0.15, 0.2) is 5.96 Å². The molecule has 0 unspecified atom stereocenters. The molecule has 124 valence electrons. The molecule has 0 atom stereocenters. The summed E-state index contributed by atoms with van der Waals surface area (Å²) >= 11 is 1.77. The zero-order chi connectivity index (χ0) is 15.8. The molecule has 5 heteroatoms. The number of hydrogen-bond acceptors (Lipinski definition) is 3. The van der Waals surface area contributed by atoms with Crippen LogP contribution in [0.15, 0.2) is 11.2 Å². The Bertz CT molecular complexity index is 461. The van der Waals surface area contributed by atoms with Gasteiger partial charge >= 0.3 is 0 Å². The van der Waals surface area contributed by atoms with Crippen molar-refractivity contribution >= 4 is 17.3 Å². The fourth-order valence-electron chi connectivity index (χ4n) is 3.01. The van der Waals surface area contributed by atoms with Gasteiger partial charge in [0.1, 0.15) is 0 Å². The Labute approximate surface area is 138 Å². The van der Waals surface area contributed by atoms with Gasteiger partial charge in [-0.15, -0.1) is 11.3 Å². The summed E-state index contributed by atoms with van der Waals surface area (Å²) in [5.41, 5.74) is 0. The highest BCUT2D eigenvalue weighted by molar-refractivity contribution is 7.11. The minimum atomic E-state index is 0.586. The smallest absolute Gasteiger partial charge is 0.191 e. The van der Waals surface area contributed by atoms with Crippen molar-refractivity contribution in [2.75, 3.05) is 13.1 Å². The van der Waals surface area contributed by atoms with Gasteiger partial charge in [0.05, 0.1) is 5.01 Å². The Morgan fingerprint density at radius 2 is 2.09 bits per heavy atom. The van der Waals surface area contributed by atoms with Crippen molar-refractivity contribution in [1.82, 2.24) is 15.6 Å². The number of aliphatic imine (C=N–C) groups is 1. The summed E-state index contributed by atoms with van der Waals surface area (Å²) in [6, 6.07) is 0.586. The Balaban J connectivity index is 1.79. The van der Waals surface area contributed by atoms with Gasteiger partial charge in [-0.1, -0.05) is 13.3 Å². The highest BCUT2D eigenvalue weighted by Crippen LogP contribution is 2.26. The zero-order valence-corrected chi connectivity index (χ0v) is 15.0. The largest absolute Gasteiger partial charge is 0.357 e. The molecule has 1 aliphatic carbocycles. The lowest BCUT2D eigenvalue weighted by Gasteiger charge is -2.29. The SMILES string of the molecule is CCNC(=NCCc1ncc(C)s1)NC1CCC(CC)CC1. The summed E-state index contributed by atoms with van der Waals surface area (Å²) in [6.07, 6.45) is 9.45. The Morgan fingerprint density at radius 3 is 2.68 bits per heavy atom. The van der Waals surface area contributed by atoms with E-state index in [1.54, 1.807) is 11.3 Å². The molecule has 0 spiro atoms. The van der Waals surface area contributed by atoms with E-state index in [1.165, 1.54) is 42.0 Å². The van der Waals surface area contributed by atoms with Crippen LogP contribution in [0.4, 0.5) is 0 Å². The van der Waals surface area contributed by atoms with E-state index in [1.807, 2.05) is 6.20 Å². The second-order valence-corrected chi connectivity index (χ2v) is 7.46. The Morgan fingerprint density at radius 1 is 1.32 bits per heavy atom. The van der Waals surface area contributed by atoms with Crippen LogP contribution in [-0.4, -0.2) is 30.1 Å². The highest BCUT2D eigenvalue weighted by atomic mass is 32.1. The maximum Gasteiger partial charge on any atom is 0.191 e. The number of thiazole rings is 1. The van der Waals surface area contributed by atoms with Gasteiger partial charge in [0, 0.05) is 36.6 Å². The minimum Gasteiger partial charge on any atom is -0.357 e. The van der Waals surface area contributed by atoms with E-state index >= 15 is 0 Å². The molecule has 0 radical (unpaired) electrons. The van der Waals surface area contributed by atoms with E-state index in [2.05, 4.69) is 36.4 Å². The number of nitrogens with one attached hydrogen (secondary N) is 2. The van der Waals surface area contributed by atoms with Crippen LogP contribution in [0, 0.1) is 12.8 Å². The van der Waals surface area contributed by atoms with Gasteiger partial charge in [0.2, 0.25) is 0 Å². The van der Waals surface area contributed by atoms with Crippen molar-refractivity contribution in [3.63, 3.8) is 0 Å². The summed E-state index contributed by atoms with van der Waals surface area (Å²) in [5.74, 6) is 1.90. The van der Waals surface area contributed by atoms with E-state index in [-0.39, 0.29) is 0 Å². The first-order valence-corrected chi connectivity index (χ1v) is 9.49. The minimum absolute atomic E-state index is 0.586. The molecule has 4 nitrogen and oxygen atoms in total. The Kier molecular flexibility index (Phi) is 7.16. The molecule has 0 aliphatic heterocycles. The van der Waals surface area contributed by atoms with Crippen LogP contribution in [0.25, 0.3) is 0 Å². The van der Waals surface area contributed by atoms with Gasteiger partial charge in [-0.05, 0) is 45.4 Å². The molecule has 1 aromatic rings. The van der Waals surface area contributed by atoms with Crippen LogP contribution >= 0.6 is 11.3 Å². The first kappa shape index (κ1) is 17.3. The molecule has 0 bridgehead atoms. The lowest BCUT2D eigenvalue weighted by atomic mass is 9.84. The zero-order valence-electron chi connectivity index (χ0n) is 14.2. The fourth-order valence-corrected chi connectivity index (χ4v) is 3.78. The monoisotopic (exact) mass is 322 g/mol. The van der Waals surface area contributed by atoms with Crippen molar-refractivity contribution in [2.45, 2.75) is 65.3 Å². The third-order valence-electron chi connectivity index (χ3n) is 4.37. The average Bonchev–Trinajstić information content (AvgIpc) is 2.94. The van der Waals surface area contributed by atoms with Crippen LogP contribution in [0.3, 0.4) is 0 Å². The van der Waals surface area contributed by atoms with Crippen molar-refractivity contribution in [1.29, 1.82) is 0 Å². The van der Waals surface area contributed by atoms with E-state index in [4.69, 9.17) is 4.99 Å². The summed E-state index contributed by atoms with van der Waals surface area (Å²) in [6.45, 7) is 8.24. The van der Waals surface area contributed by atoms with Gasteiger partial charge in [-0.25, -0.2) is 4.98 Å². The first-order chi connectivity index (χ1) is 10.7. The molecule has 2 N–H and O–H groups in total. The van der Waals surface area contributed by atoms with Crippen molar-refractivity contribution < 1.29 is 0 Å². The quantitative estimate of drug-likeness (QED) is 0.622. The van der Waals surface area contributed by atoms with Gasteiger partial charge in [0.25, 0.3) is 0 Å². The Hall–Kier alpha value is -1.10. The molecule has 22 heavy (non-hydrogen) atoms. The van der Waals surface area contributed by atoms with Crippen LogP contribution in [0.1, 0.15) is 55.8 Å². The number of aryl methyl sites for hydroxylation is 1. The molecule has 2 rings (SSSR count). The molecule has 1 saturated carbocycles. The van der Waals surface area contributed by atoms with Gasteiger partial charge in [-0.2, -0.15) is 0 Å². The van der Waals surface area contributed by atoms with E-state index in [0.717, 1.165) is 31.4 Å². The predicted octanol–water partition coefficient (Wildman–Crippen LogP) is 3.52. The summed E-state index contributed by atoms with van der Waals surface area (Å²) in [7, 11) is 0. The molecular formula is C17H30N4S. The average molecular weight is 323 g/mol. The van der Waals surface area contributed by atoms with Crippen molar-refractivity contribution in [2.24, 2.45) is 10.9 Å².